The van der Waals surface area contributed by atoms with Crippen LogP contribution in [-0.4, -0.2) is 13.1 Å². The Labute approximate surface area is 120 Å². The Bertz CT molecular complexity index is 446. The van der Waals surface area contributed by atoms with E-state index in [2.05, 4.69) is 11.0 Å². The molecule has 1 aliphatic carbocycles. The maximum absolute atomic E-state index is 6.42. The maximum Gasteiger partial charge on any atom is 0.0642 e. The highest BCUT2D eigenvalue weighted by Gasteiger charge is 2.32. The molecule has 2 N–H and O–H groups in total. The summed E-state index contributed by atoms with van der Waals surface area (Å²) in [5.74, 6) is 1.82. The van der Waals surface area contributed by atoms with Gasteiger partial charge in [0.25, 0.3) is 0 Å². The van der Waals surface area contributed by atoms with Crippen LogP contribution in [0.5, 0.6) is 0 Å². The SMILES string of the molecule is NCc1cccc(Cl)c1N1CCC2CCCCC2C1. The summed E-state index contributed by atoms with van der Waals surface area (Å²) in [6.45, 7) is 2.87. The fourth-order valence-electron chi connectivity index (χ4n) is 3.88. The Hall–Kier alpha value is -0.730. The largest absolute Gasteiger partial charge is 0.370 e. The zero-order valence-corrected chi connectivity index (χ0v) is 12.2. The van der Waals surface area contributed by atoms with Gasteiger partial charge in [0.15, 0.2) is 0 Å². The maximum atomic E-state index is 6.42. The number of piperidine rings is 1. The van der Waals surface area contributed by atoms with Crippen LogP contribution in [-0.2, 0) is 6.54 Å². The number of nitrogens with zero attached hydrogens (tertiary/aromatic N) is 1. The van der Waals surface area contributed by atoms with Crippen LogP contribution in [0.4, 0.5) is 5.69 Å². The molecule has 0 bridgehead atoms. The minimum atomic E-state index is 0.570. The van der Waals surface area contributed by atoms with Crippen molar-refractivity contribution in [1.29, 1.82) is 0 Å². The van der Waals surface area contributed by atoms with Crippen LogP contribution in [0.3, 0.4) is 0 Å². The number of fused-ring (bicyclic) bond motifs is 1. The monoisotopic (exact) mass is 278 g/mol. The Morgan fingerprint density at radius 3 is 2.74 bits per heavy atom. The number of rotatable bonds is 2. The van der Waals surface area contributed by atoms with Gasteiger partial charge in [0.2, 0.25) is 0 Å². The third-order valence-electron chi connectivity index (χ3n) is 4.90. The number of nitrogens with two attached hydrogens (primary N) is 1. The van der Waals surface area contributed by atoms with E-state index >= 15 is 0 Å². The molecule has 0 amide bonds. The van der Waals surface area contributed by atoms with Crippen molar-refractivity contribution in [2.75, 3.05) is 18.0 Å². The molecule has 1 aliphatic heterocycles. The third-order valence-corrected chi connectivity index (χ3v) is 5.20. The van der Waals surface area contributed by atoms with Crippen LogP contribution in [0, 0.1) is 11.8 Å². The highest BCUT2D eigenvalue weighted by atomic mass is 35.5. The second-order valence-corrected chi connectivity index (χ2v) is 6.40. The second-order valence-electron chi connectivity index (χ2n) is 5.99. The Kier molecular flexibility index (Phi) is 3.99. The van der Waals surface area contributed by atoms with Gasteiger partial charge in [-0.1, -0.05) is 43.0 Å². The fraction of sp³-hybridized carbons (Fsp3) is 0.625. The molecule has 1 aromatic rings. The Morgan fingerprint density at radius 2 is 1.95 bits per heavy atom. The number of hydrogen-bond acceptors (Lipinski definition) is 2. The Balaban J connectivity index is 1.83. The number of benzene rings is 1. The van der Waals surface area contributed by atoms with Crippen LogP contribution >= 0.6 is 11.6 Å². The van der Waals surface area contributed by atoms with Crippen LogP contribution < -0.4 is 10.6 Å². The minimum absolute atomic E-state index is 0.570. The molecule has 2 aliphatic rings. The lowest BCUT2D eigenvalue weighted by atomic mass is 9.75. The highest BCUT2D eigenvalue weighted by Crippen LogP contribution is 2.40. The lowest BCUT2D eigenvalue weighted by Gasteiger charge is -2.43. The van der Waals surface area contributed by atoms with Crippen molar-refractivity contribution in [2.45, 2.75) is 38.6 Å². The Morgan fingerprint density at radius 1 is 1.16 bits per heavy atom. The quantitative estimate of drug-likeness (QED) is 0.891. The van der Waals surface area contributed by atoms with Crippen LogP contribution in [0.2, 0.25) is 5.02 Å². The zero-order valence-electron chi connectivity index (χ0n) is 11.4. The van der Waals surface area contributed by atoms with E-state index in [1.54, 1.807) is 0 Å². The molecule has 19 heavy (non-hydrogen) atoms. The van der Waals surface area contributed by atoms with Crippen molar-refractivity contribution in [3.05, 3.63) is 28.8 Å². The lowest BCUT2D eigenvalue weighted by molar-refractivity contribution is 0.202. The van der Waals surface area contributed by atoms with Crippen molar-refractivity contribution in [1.82, 2.24) is 0 Å². The minimum Gasteiger partial charge on any atom is -0.370 e. The van der Waals surface area contributed by atoms with E-state index in [0.29, 0.717) is 6.54 Å². The van der Waals surface area contributed by atoms with Crippen LogP contribution in [0.25, 0.3) is 0 Å². The highest BCUT2D eigenvalue weighted by molar-refractivity contribution is 6.33. The standard InChI is InChI=1S/C16H23ClN2/c17-15-7-3-6-13(10-18)16(15)19-9-8-12-4-1-2-5-14(12)11-19/h3,6-7,12,14H,1-2,4-5,8-11,18H2. The first kappa shape index (κ1) is 13.3. The summed E-state index contributed by atoms with van der Waals surface area (Å²) in [6.07, 6.45) is 6.98. The fourth-order valence-corrected chi connectivity index (χ4v) is 4.20. The van der Waals surface area contributed by atoms with Gasteiger partial charge in [0.1, 0.15) is 0 Å². The lowest BCUT2D eigenvalue weighted by Crippen LogP contribution is -2.42. The molecule has 1 heterocycles. The predicted molar refractivity (Wildman–Crippen MR) is 81.6 cm³/mol. The van der Waals surface area contributed by atoms with E-state index in [1.807, 2.05) is 12.1 Å². The molecule has 3 heteroatoms. The summed E-state index contributed by atoms with van der Waals surface area (Å²) in [7, 11) is 0. The van der Waals surface area contributed by atoms with Crippen molar-refractivity contribution >= 4 is 17.3 Å². The number of hydrogen-bond donors (Lipinski definition) is 1. The summed E-state index contributed by atoms with van der Waals surface area (Å²) in [4.78, 5) is 2.48. The van der Waals surface area contributed by atoms with E-state index in [-0.39, 0.29) is 0 Å². The normalized spacial score (nSPS) is 27.2. The molecule has 0 radical (unpaired) electrons. The van der Waals surface area contributed by atoms with Crippen molar-refractivity contribution in [3.63, 3.8) is 0 Å². The summed E-state index contributed by atoms with van der Waals surface area (Å²) < 4.78 is 0. The molecule has 1 saturated heterocycles. The van der Waals surface area contributed by atoms with E-state index in [4.69, 9.17) is 17.3 Å². The van der Waals surface area contributed by atoms with Gasteiger partial charge in [-0.25, -0.2) is 0 Å². The molecule has 1 aromatic carbocycles. The first-order valence-corrected chi connectivity index (χ1v) is 7.90. The van der Waals surface area contributed by atoms with E-state index in [9.17, 15) is 0 Å². The molecule has 0 aromatic heterocycles. The van der Waals surface area contributed by atoms with Crippen LogP contribution in [0.1, 0.15) is 37.7 Å². The first-order chi connectivity index (χ1) is 9.29. The molecular formula is C16H23ClN2. The van der Waals surface area contributed by atoms with Gasteiger partial charge in [-0.05, 0) is 36.3 Å². The molecule has 2 unspecified atom stereocenters. The average Bonchev–Trinajstić information content (AvgIpc) is 2.46. The molecule has 2 nitrogen and oxygen atoms in total. The number of anilines is 1. The summed E-state index contributed by atoms with van der Waals surface area (Å²) in [6, 6.07) is 6.10. The molecular weight excluding hydrogens is 256 g/mol. The average molecular weight is 279 g/mol. The molecule has 2 atom stereocenters. The second kappa shape index (κ2) is 5.72. The predicted octanol–water partition coefficient (Wildman–Crippen LogP) is 3.82. The van der Waals surface area contributed by atoms with Crippen LogP contribution in [0.15, 0.2) is 18.2 Å². The van der Waals surface area contributed by atoms with Gasteiger partial charge in [-0.3, -0.25) is 0 Å². The summed E-state index contributed by atoms with van der Waals surface area (Å²) >= 11 is 6.42. The van der Waals surface area contributed by atoms with Crippen molar-refractivity contribution < 1.29 is 0 Å². The van der Waals surface area contributed by atoms with Crippen molar-refractivity contribution in [3.8, 4) is 0 Å². The topological polar surface area (TPSA) is 29.3 Å². The third kappa shape index (κ3) is 2.61. The number of halogens is 1. The molecule has 3 rings (SSSR count). The van der Waals surface area contributed by atoms with E-state index in [0.717, 1.165) is 23.4 Å². The van der Waals surface area contributed by atoms with E-state index in [1.165, 1.54) is 49.9 Å². The zero-order chi connectivity index (χ0) is 13.2. The summed E-state index contributed by atoms with van der Waals surface area (Å²) in [5.41, 5.74) is 8.25. The van der Waals surface area contributed by atoms with Crippen molar-refractivity contribution in [2.24, 2.45) is 17.6 Å². The number of para-hydroxylation sites is 1. The molecule has 1 saturated carbocycles. The van der Waals surface area contributed by atoms with Gasteiger partial charge >= 0.3 is 0 Å². The smallest absolute Gasteiger partial charge is 0.0642 e. The molecule has 2 fully saturated rings. The first-order valence-electron chi connectivity index (χ1n) is 7.52. The molecule has 104 valence electrons. The van der Waals surface area contributed by atoms with Gasteiger partial charge in [-0.15, -0.1) is 0 Å². The molecule has 0 spiro atoms. The van der Waals surface area contributed by atoms with Gasteiger partial charge in [-0.2, -0.15) is 0 Å². The van der Waals surface area contributed by atoms with Gasteiger partial charge < -0.3 is 10.6 Å². The van der Waals surface area contributed by atoms with Gasteiger partial charge in [0, 0.05) is 19.6 Å². The van der Waals surface area contributed by atoms with E-state index < -0.39 is 0 Å². The van der Waals surface area contributed by atoms with Gasteiger partial charge in [0.05, 0.1) is 10.7 Å². The summed E-state index contributed by atoms with van der Waals surface area (Å²) in [5, 5.41) is 0.859.